The number of hydrogen-bond donors (Lipinski definition) is 2. The van der Waals surface area contributed by atoms with Crippen molar-refractivity contribution in [3.05, 3.63) is 76.1 Å². The van der Waals surface area contributed by atoms with Gasteiger partial charge in [-0.1, -0.05) is 36.4 Å². The molecule has 0 aliphatic carbocycles. The van der Waals surface area contributed by atoms with Crippen LogP contribution in [0.15, 0.2) is 65.1 Å². The fourth-order valence-electron chi connectivity index (χ4n) is 2.66. The highest BCUT2D eigenvalue weighted by Crippen LogP contribution is 2.23. The number of carbonyl (C=O) groups is 1. The number of nitrogens with zero attached hydrogens (tertiary/aromatic N) is 2. The van der Waals surface area contributed by atoms with Crippen LogP contribution in [0.2, 0.25) is 0 Å². The Morgan fingerprint density at radius 2 is 2.00 bits per heavy atom. The number of hydrazone groups is 1. The van der Waals surface area contributed by atoms with Gasteiger partial charge in [-0.05, 0) is 46.8 Å². The van der Waals surface area contributed by atoms with E-state index < -0.39 is 0 Å². The molecular weight excluding hydrogens is 344 g/mol. The first-order valence-corrected chi connectivity index (χ1v) is 9.01. The SMILES string of the molecule is Cc1ccsc1/C=N/NC(=O)c1cc(-c2ccc3ccccc3c2)n[nH]1. The smallest absolute Gasteiger partial charge is 0.272 e. The van der Waals surface area contributed by atoms with Crippen LogP contribution in [-0.2, 0) is 0 Å². The molecule has 6 heteroatoms. The first kappa shape index (κ1) is 16.2. The third kappa shape index (κ3) is 3.27. The van der Waals surface area contributed by atoms with E-state index in [1.165, 1.54) is 5.39 Å². The van der Waals surface area contributed by atoms with E-state index in [4.69, 9.17) is 0 Å². The van der Waals surface area contributed by atoms with Crippen molar-refractivity contribution in [2.24, 2.45) is 5.10 Å². The molecule has 0 saturated carbocycles. The number of H-pyrrole nitrogens is 1. The van der Waals surface area contributed by atoms with Gasteiger partial charge in [0.25, 0.3) is 5.91 Å². The maximum Gasteiger partial charge on any atom is 0.289 e. The first-order valence-electron chi connectivity index (χ1n) is 8.13. The fourth-order valence-corrected chi connectivity index (χ4v) is 3.45. The molecule has 2 heterocycles. The molecule has 0 unspecified atom stereocenters. The number of aromatic nitrogens is 2. The fraction of sp³-hybridized carbons (Fsp3) is 0.0500. The quantitative estimate of drug-likeness (QED) is 0.419. The van der Waals surface area contributed by atoms with Crippen LogP contribution in [-0.4, -0.2) is 22.3 Å². The Labute approximate surface area is 154 Å². The molecule has 0 atom stereocenters. The van der Waals surface area contributed by atoms with Gasteiger partial charge in [0.1, 0.15) is 5.69 Å². The largest absolute Gasteiger partial charge is 0.289 e. The van der Waals surface area contributed by atoms with Crippen LogP contribution in [0.5, 0.6) is 0 Å². The molecule has 0 spiro atoms. The van der Waals surface area contributed by atoms with E-state index >= 15 is 0 Å². The lowest BCUT2D eigenvalue weighted by Gasteiger charge is -2.00. The molecule has 0 saturated heterocycles. The predicted molar refractivity (Wildman–Crippen MR) is 106 cm³/mol. The summed E-state index contributed by atoms with van der Waals surface area (Å²) in [4.78, 5) is 13.2. The van der Waals surface area contributed by atoms with Crippen molar-refractivity contribution in [3.63, 3.8) is 0 Å². The summed E-state index contributed by atoms with van der Waals surface area (Å²) in [5.74, 6) is -0.324. The van der Waals surface area contributed by atoms with Gasteiger partial charge < -0.3 is 0 Å². The summed E-state index contributed by atoms with van der Waals surface area (Å²) in [5, 5.41) is 15.3. The zero-order chi connectivity index (χ0) is 17.9. The molecule has 4 rings (SSSR count). The number of nitrogens with one attached hydrogen (secondary N) is 2. The van der Waals surface area contributed by atoms with Gasteiger partial charge in [0.2, 0.25) is 0 Å². The van der Waals surface area contributed by atoms with Crippen molar-refractivity contribution >= 4 is 34.2 Å². The molecule has 26 heavy (non-hydrogen) atoms. The molecule has 1 amide bonds. The summed E-state index contributed by atoms with van der Waals surface area (Å²) in [6, 6.07) is 18.0. The standard InChI is InChI=1S/C20H16N4OS/c1-13-8-9-26-19(13)12-21-24-20(25)18-11-17(22-23-18)16-7-6-14-4-2-3-5-15(14)10-16/h2-12H,1H3,(H,22,23)(H,24,25)/b21-12+. The van der Waals surface area contributed by atoms with E-state index in [-0.39, 0.29) is 5.91 Å². The maximum atomic E-state index is 12.2. The topological polar surface area (TPSA) is 70.1 Å². The molecule has 0 aliphatic rings. The Balaban J connectivity index is 1.50. The Hall–Kier alpha value is -3.25. The number of rotatable bonds is 4. The Morgan fingerprint density at radius 1 is 1.15 bits per heavy atom. The number of fused-ring (bicyclic) bond motifs is 1. The van der Waals surface area contributed by atoms with Gasteiger partial charge in [-0.25, -0.2) is 5.43 Å². The van der Waals surface area contributed by atoms with Gasteiger partial charge in [-0.2, -0.15) is 10.2 Å². The average Bonchev–Trinajstić information content (AvgIpc) is 3.31. The van der Waals surface area contributed by atoms with E-state index in [9.17, 15) is 4.79 Å². The third-order valence-electron chi connectivity index (χ3n) is 4.12. The van der Waals surface area contributed by atoms with E-state index in [0.717, 1.165) is 27.1 Å². The number of carbonyl (C=O) groups excluding carboxylic acids is 1. The van der Waals surface area contributed by atoms with Crippen molar-refractivity contribution in [3.8, 4) is 11.3 Å². The van der Waals surface area contributed by atoms with Gasteiger partial charge in [0.15, 0.2) is 0 Å². The lowest BCUT2D eigenvalue weighted by atomic mass is 10.1. The van der Waals surface area contributed by atoms with Crippen LogP contribution >= 0.6 is 11.3 Å². The molecule has 128 valence electrons. The molecule has 0 fully saturated rings. The van der Waals surface area contributed by atoms with Crippen molar-refractivity contribution in [2.45, 2.75) is 6.92 Å². The second kappa shape index (κ2) is 6.93. The first-order chi connectivity index (χ1) is 12.7. The maximum absolute atomic E-state index is 12.2. The van der Waals surface area contributed by atoms with Crippen LogP contribution < -0.4 is 5.43 Å². The summed E-state index contributed by atoms with van der Waals surface area (Å²) in [6.07, 6.45) is 1.65. The second-order valence-electron chi connectivity index (χ2n) is 5.90. The van der Waals surface area contributed by atoms with Crippen molar-refractivity contribution in [1.29, 1.82) is 0 Å². The van der Waals surface area contributed by atoms with E-state index in [1.807, 2.05) is 42.6 Å². The van der Waals surface area contributed by atoms with Crippen LogP contribution in [0.3, 0.4) is 0 Å². The number of aromatic amines is 1. The molecule has 0 aliphatic heterocycles. The minimum absolute atomic E-state index is 0.324. The lowest BCUT2D eigenvalue weighted by Crippen LogP contribution is -2.17. The van der Waals surface area contributed by atoms with E-state index in [1.54, 1.807) is 23.6 Å². The van der Waals surface area contributed by atoms with Crippen LogP contribution in [0.4, 0.5) is 0 Å². The zero-order valence-corrected chi connectivity index (χ0v) is 14.9. The van der Waals surface area contributed by atoms with Crippen molar-refractivity contribution in [2.75, 3.05) is 0 Å². The Bertz CT molecular complexity index is 1110. The Morgan fingerprint density at radius 3 is 2.81 bits per heavy atom. The molecule has 2 aromatic carbocycles. The molecule has 2 N–H and O–H groups in total. The van der Waals surface area contributed by atoms with Crippen molar-refractivity contribution in [1.82, 2.24) is 15.6 Å². The zero-order valence-electron chi connectivity index (χ0n) is 14.1. The minimum atomic E-state index is -0.324. The number of benzene rings is 2. The average molecular weight is 360 g/mol. The van der Waals surface area contributed by atoms with Crippen LogP contribution in [0.25, 0.3) is 22.0 Å². The van der Waals surface area contributed by atoms with Gasteiger partial charge in [-0.3, -0.25) is 9.89 Å². The molecule has 5 nitrogen and oxygen atoms in total. The van der Waals surface area contributed by atoms with E-state index in [2.05, 4.69) is 38.9 Å². The summed E-state index contributed by atoms with van der Waals surface area (Å²) in [7, 11) is 0. The summed E-state index contributed by atoms with van der Waals surface area (Å²) >= 11 is 1.58. The van der Waals surface area contributed by atoms with Crippen LogP contribution in [0, 0.1) is 6.92 Å². The van der Waals surface area contributed by atoms with Gasteiger partial charge in [0.05, 0.1) is 11.9 Å². The number of amides is 1. The summed E-state index contributed by atoms with van der Waals surface area (Å²) < 4.78 is 0. The van der Waals surface area contributed by atoms with Crippen LogP contribution in [0.1, 0.15) is 20.9 Å². The minimum Gasteiger partial charge on any atom is -0.272 e. The predicted octanol–water partition coefficient (Wildman–Crippen LogP) is 4.36. The highest BCUT2D eigenvalue weighted by atomic mass is 32.1. The molecule has 0 radical (unpaired) electrons. The molecule has 0 bridgehead atoms. The van der Waals surface area contributed by atoms with E-state index in [0.29, 0.717) is 5.69 Å². The molecular formula is C20H16N4OS. The highest BCUT2D eigenvalue weighted by molar-refractivity contribution is 7.11. The summed E-state index contributed by atoms with van der Waals surface area (Å²) in [6.45, 7) is 2.00. The van der Waals surface area contributed by atoms with Gasteiger partial charge in [0, 0.05) is 10.4 Å². The normalized spacial score (nSPS) is 11.3. The lowest BCUT2D eigenvalue weighted by molar-refractivity contribution is 0.0950. The number of hydrogen-bond acceptors (Lipinski definition) is 4. The summed E-state index contributed by atoms with van der Waals surface area (Å²) in [5.41, 5.74) is 5.70. The van der Waals surface area contributed by atoms with Crippen molar-refractivity contribution < 1.29 is 4.79 Å². The second-order valence-corrected chi connectivity index (χ2v) is 6.84. The monoisotopic (exact) mass is 360 g/mol. The Kier molecular flexibility index (Phi) is 4.33. The highest BCUT2D eigenvalue weighted by Gasteiger charge is 2.11. The number of aryl methyl sites for hydroxylation is 1. The molecule has 4 aromatic rings. The third-order valence-corrected chi connectivity index (χ3v) is 5.07. The van der Waals surface area contributed by atoms with Gasteiger partial charge in [-0.15, -0.1) is 11.3 Å². The number of thiophene rings is 1. The van der Waals surface area contributed by atoms with Gasteiger partial charge >= 0.3 is 0 Å². The molecule has 2 aromatic heterocycles.